The molecule has 1 aromatic carbocycles. The molecular weight excluding hydrogens is 268 g/mol. The fourth-order valence-electron chi connectivity index (χ4n) is 1.78. The van der Waals surface area contributed by atoms with Crippen molar-refractivity contribution in [2.45, 2.75) is 20.3 Å². The number of rotatable bonds is 7. The molecule has 112 valence electrons. The van der Waals surface area contributed by atoms with Crippen LogP contribution in [0.4, 0.5) is 5.69 Å². The third-order valence-corrected chi connectivity index (χ3v) is 2.98. The van der Waals surface area contributed by atoms with E-state index in [1.165, 1.54) is 13.8 Å². The molecule has 0 fully saturated rings. The lowest BCUT2D eigenvalue weighted by Gasteiger charge is -2.18. The summed E-state index contributed by atoms with van der Waals surface area (Å²) in [6.45, 7) is 7.30. The molecule has 1 aromatic rings. The zero-order valence-electron chi connectivity index (χ0n) is 12.4. The molecule has 2 amide bonds. The molecule has 1 N–H and O–H groups in total. The summed E-state index contributed by atoms with van der Waals surface area (Å²) in [6.07, 6.45) is 1.83. The Morgan fingerprint density at radius 2 is 1.81 bits per heavy atom. The van der Waals surface area contributed by atoms with Crippen LogP contribution in [0.1, 0.15) is 30.6 Å². The van der Waals surface area contributed by atoms with Crippen molar-refractivity contribution in [3.63, 3.8) is 0 Å². The van der Waals surface area contributed by atoms with Gasteiger partial charge in [0.1, 0.15) is 0 Å². The SMILES string of the molecule is C=CCN(CCC(=O)Nc1ccc(C(C)=O)cc1)C(C)=O. The molecule has 0 aliphatic carbocycles. The van der Waals surface area contributed by atoms with Crippen molar-refractivity contribution >= 4 is 23.3 Å². The smallest absolute Gasteiger partial charge is 0.226 e. The number of hydrogen-bond acceptors (Lipinski definition) is 3. The van der Waals surface area contributed by atoms with E-state index in [-0.39, 0.29) is 24.0 Å². The first kappa shape index (κ1) is 16.6. The largest absolute Gasteiger partial charge is 0.339 e. The number of nitrogens with zero attached hydrogens (tertiary/aromatic N) is 1. The molecule has 0 heterocycles. The van der Waals surface area contributed by atoms with Gasteiger partial charge in [-0.2, -0.15) is 0 Å². The maximum Gasteiger partial charge on any atom is 0.226 e. The van der Waals surface area contributed by atoms with E-state index in [0.717, 1.165) is 0 Å². The first-order chi connectivity index (χ1) is 9.93. The first-order valence-corrected chi connectivity index (χ1v) is 6.71. The van der Waals surface area contributed by atoms with Gasteiger partial charge in [-0.25, -0.2) is 0 Å². The average Bonchev–Trinajstić information content (AvgIpc) is 2.43. The molecule has 0 bridgehead atoms. The summed E-state index contributed by atoms with van der Waals surface area (Å²) in [7, 11) is 0. The zero-order valence-corrected chi connectivity index (χ0v) is 12.4. The lowest BCUT2D eigenvalue weighted by molar-refractivity contribution is -0.128. The average molecular weight is 288 g/mol. The highest BCUT2D eigenvalue weighted by Gasteiger charge is 2.10. The molecule has 21 heavy (non-hydrogen) atoms. The second-order valence-corrected chi connectivity index (χ2v) is 4.69. The van der Waals surface area contributed by atoms with Gasteiger partial charge in [-0.05, 0) is 31.2 Å². The van der Waals surface area contributed by atoms with E-state index in [1.54, 1.807) is 35.2 Å². The maximum atomic E-state index is 11.8. The minimum Gasteiger partial charge on any atom is -0.339 e. The number of anilines is 1. The fraction of sp³-hybridized carbons (Fsp3) is 0.312. The number of amides is 2. The Labute approximate surface area is 124 Å². The van der Waals surface area contributed by atoms with Gasteiger partial charge in [0.15, 0.2) is 5.78 Å². The molecule has 5 heteroatoms. The summed E-state index contributed by atoms with van der Waals surface area (Å²) in [5.74, 6) is -0.288. The molecular formula is C16H20N2O3. The van der Waals surface area contributed by atoms with E-state index in [1.807, 2.05) is 0 Å². The standard InChI is InChI=1S/C16H20N2O3/c1-4-10-18(13(3)20)11-9-16(21)17-15-7-5-14(6-8-15)12(2)19/h4-8H,1,9-11H2,2-3H3,(H,17,21). The van der Waals surface area contributed by atoms with Gasteiger partial charge in [-0.15, -0.1) is 6.58 Å². The Hall–Kier alpha value is -2.43. The van der Waals surface area contributed by atoms with Crippen LogP contribution < -0.4 is 5.32 Å². The third kappa shape index (κ3) is 5.60. The maximum absolute atomic E-state index is 11.8. The van der Waals surface area contributed by atoms with Crippen molar-refractivity contribution in [3.05, 3.63) is 42.5 Å². The predicted octanol–water partition coefficient (Wildman–Crippen LogP) is 2.25. The Kier molecular flexibility index (Phi) is 6.33. The molecule has 0 unspecified atom stereocenters. The van der Waals surface area contributed by atoms with E-state index in [9.17, 15) is 14.4 Å². The van der Waals surface area contributed by atoms with Gasteiger partial charge in [0.05, 0.1) is 0 Å². The molecule has 0 radical (unpaired) electrons. The first-order valence-electron chi connectivity index (χ1n) is 6.71. The van der Waals surface area contributed by atoms with Gasteiger partial charge in [0.2, 0.25) is 11.8 Å². The minimum atomic E-state index is -0.180. The van der Waals surface area contributed by atoms with Crippen LogP contribution in [0.5, 0.6) is 0 Å². The van der Waals surface area contributed by atoms with Crippen LogP contribution in [0.25, 0.3) is 0 Å². The highest BCUT2D eigenvalue weighted by atomic mass is 16.2. The molecule has 0 atom stereocenters. The Morgan fingerprint density at radius 3 is 2.29 bits per heavy atom. The summed E-state index contributed by atoms with van der Waals surface area (Å²) in [6, 6.07) is 6.69. The lowest BCUT2D eigenvalue weighted by atomic mass is 10.1. The molecule has 5 nitrogen and oxygen atoms in total. The topological polar surface area (TPSA) is 66.5 Å². The summed E-state index contributed by atoms with van der Waals surface area (Å²) in [5, 5.41) is 2.73. The van der Waals surface area contributed by atoms with Crippen molar-refractivity contribution < 1.29 is 14.4 Å². The van der Waals surface area contributed by atoms with E-state index in [4.69, 9.17) is 0 Å². The number of ketones is 1. The van der Waals surface area contributed by atoms with Gasteiger partial charge in [-0.1, -0.05) is 6.08 Å². The monoisotopic (exact) mass is 288 g/mol. The molecule has 0 aromatic heterocycles. The second kappa shape index (κ2) is 7.99. The number of nitrogens with one attached hydrogen (secondary N) is 1. The highest BCUT2D eigenvalue weighted by molar-refractivity contribution is 5.95. The number of Topliss-reactive ketones (excluding diaryl/α,β-unsaturated/α-hetero) is 1. The Balaban J connectivity index is 2.51. The summed E-state index contributed by atoms with van der Waals surface area (Å²) in [5.41, 5.74) is 1.23. The van der Waals surface area contributed by atoms with Gasteiger partial charge in [-0.3, -0.25) is 14.4 Å². The van der Waals surface area contributed by atoms with E-state index >= 15 is 0 Å². The fourth-order valence-corrected chi connectivity index (χ4v) is 1.78. The molecule has 0 aliphatic rings. The minimum absolute atomic E-state index is 0.0191. The van der Waals surface area contributed by atoms with Crippen LogP contribution in [0.3, 0.4) is 0 Å². The third-order valence-electron chi connectivity index (χ3n) is 2.98. The van der Waals surface area contributed by atoms with Crippen molar-refractivity contribution in [2.75, 3.05) is 18.4 Å². The van der Waals surface area contributed by atoms with Crippen LogP contribution in [-0.2, 0) is 9.59 Å². The lowest BCUT2D eigenvalue weighted by Crippen LogP contribution is -2.32. The summed E-state index contributed by atoms with van der Waals surface area (Å²) < 4.78 is 0. The highest BCUT2D eigenvalue weighted by Crippen LogP contribution is 2.10. The number of carbonyl (C=O) groups is 3. The predicted molar refractivity (Wildman–Crippen MR) is 82.1 cm³/mol. The second-order valence-electron chi connectivity index (χ2n) is 4.69. The van der Waals surface area contributed by atoms with Crippen molar-refractivity contribution in [1.29, 1.82) is 0 Å². The quantitative estimate of drug-likeness (QED) is 0.618. The van der Waals surface area contributed by atoms with Gasteiger partial charge >= 0.3 is 0 Å². The summed E-state index contributed by atoms with van der Waals surface area (Å²) >= 11 is 0. The van der Waals surface area contributed by atoms with Crippen LogP contribution in [0.15, 0.2) is 36.9 Å². The molecule has 0 aliphatic heterocycles. The molecule has 1 rings (SSSR count). The number of benzene rings is 1. The van der Waals surface area contributed by atoms with Gasteiger partial charge in [0.25, 0.3) is 0 Å². The Bertz CT molecular complexity index is 535. The van der Waals surface area contributed by atoms with Gasteiger partial charge in [0, 0.05) is 37.7 Å². The molecule has 0 spiro atoms. The molecule has 0 saturated carbocycles. The normalized spacial score (nSPS) is 9.81. The van der Waals surface area contributed by atoms with E-state index in [0.29, 0.717) is 24.3 Å². The molecule has 0 saturated heterocycles. The van der Waals surface area contributed by atoms with Crippen LogP contribution >= 0.6 is 0 Å². The number of carbonyl (C=O) groups excluding carboxylic acids is 3. The van der Waals surface area contributed by atoms with Crippen LogP contribution in [0, 0.1) is 0 Å². The summed E-state index contributed by atoms with van der Waals surface area (Å²) in [4.78, 5) is 35.8. The number of hydrogen-bond donors (Lipinski definition) is 1. The van der Waals surface area contributed by atoms with E-state index < -0.39 is 0 Å². The van der Waals surface area contributed by atoms with Gasteiger partial charge < -0.3 is 10.2 Å². The zero-order chi connectivity index (χ0) is 15.8. The Morgan fingerprint density at radius 1 is 1.19 bits per heavy atom. The van der Waals surface area contributed by atoms with Crippen molar-refractivity contribution in [1.82, 2.24) is 4.90 Å². The van der Waals surface area contributed by atoms with Crippen molar-refractivity contribution in [2.24, 2.45) is 0 Å². The van der Waals surface area contributed by atoms with E-state index in [2.05, 4.69) is 11.9 Å². The van der Waals surface area contributed by atoms with Crippen LogP contribution in [0.2, 0.25) is 0 Å². The van der Waals surface area contributed by atoms with Crippen LogP contribution in [-0.4, -0.2) is 35.6 Å². The van der Waals surface area contributed by atoms with Crippen molar-refractivity contribution in [3.8, 4) is 0 Å².